The Bertz CT molecular complexity index is 801. The molecule has 0 aromatic carbocycles. The van der Waals surface area contributed by atoms with E-state index < -0.39 is 0 Å². The molecule has 6 atom stereocenters. The van der Waals surface area contributed by atoms with Crippen LogP contribution < -0.4 is 0 Å². The van der Waals surface area contributed by atoms with Gasteiger partial charge in [0, 0.05) is 11.8 Å². The van der Waals surface area contributed by atoms with Crippen molar-refractivity contribution in [2.75, 3.05) is 0 Å². The van der Waals surface area contributed by atoms with Crippen LogP contribution in [0.15, 0.2) is 22.7 Å². The Morgan fingerprint density at radius 1 is 0.667 bits per heavy atom. The van der Waals surface area contributed by atoms with Gasteiger partial charge in [0.05, 0.1) is 11.1 Å². The number of fused-ring (bicyclic) bond motifs is 5. The van der Waals surface area contributed by atoms with Crippen LogP contribution in [0.4, 0.5) is 0 Å². The quantitative estimate of drug-likeness (QED) is 0.396. The zero-order chi connectivity index (χ0) is 21.6. The first-order chi connectivity index (χ1) is 14.0. The summed E-state index contributed by atoms with van der Waals surface area (Å²) in [6.07, 6.45) is 6.28. The van der Waals surface area contributed by atoms with Crippen molar-refractivity contribution in [2.24, 2.45) is 35.5 Å². The molecule has 0 radical (unpaired) electrons. The van der Waals surface area contributed by atoms with Gasteiger partial charge in [-0.3, -0.25) is 9.59 Å². The van der Waals surface area contributed by atoms with Crippen LogP contribution in [0.25, 0.3) is 0 Å². The molecule has 164 valence electrons. The number of allylic oxidation sites excluding steroid dienone is 2. The van der Waals surface area contributed by atoms with Crippen LogP contribution in [0.1, 0.15) is 80.1 Å². The average Bonchev–Trinajstić information content (AvgIpc) is 2.64. The number of rotatable bonds is 0. The molecule has 0 spiro atoms. The highest BCUT2D eigenvalue weighted by atomic mass is 16.6. The van der Waals surface area contributed by atoms with Gasteiger partial charge in [0.2, 0.25) is 11.6 Å². The van der Waals surface area contributed by atoms with E-state index in [0.29, 0.717) is 34.5 Å². The molecular weight excluding hydrogens is 376 g/mol. The fraction of sp³-hybridized carbons (Fsp3) is 0.769. The van der Waals surface area contributed by atoms with Gasteiger partial charge in [-0.1, -0.05) is 26.7 Å². The van der Waals surface area contributed by atoms with Gasteiger partial charge in [-0.25, -0.2) is 0 Å². The first kappa shape index (κ1) is 20.3. The lowest BCUT2D eigenvalue weighted by Gasteiger charge is -2.54. The van der Waals surface area contributed by atoms with Gasteiger partial charge >= 0.3 is 0 Å². The van der Waals surface area contributed by atoms with Gasteiger partial charge in [0.25, 0.3) is 0 Å². The molecule has 0 saturated heterocycles. The second-order valence-electron chi connectivity index (χ2n) is 11.8. The molecule has 0 unspecified atom stereocenters. The minimum atomic E-state index is -0.368. The minimum absolute atomic E-state index is 0.0905. The van der Waals surface area contributed by atoms with Crippen molar-refractivity contribution in [3.05, 3.63) is 22.7 Å². The number of Topliss-reactive ketones (excluding diaryl/α,β-unsaturated/α-hetero) is 2. The second kappa shape index (κ2) is 6.46. The van der Waals surface area contributed by atoms with E-state index in [9.17, 15) is 9.59 Å². The molecule has 0 N–H and O–H groups in total. The Morgan fingerprint density at radius 3 is 1.40 bits per heavy atom. The molecule has 0 amide bonds. The van der Waals surface area contributed by atoms with E-state index in [2.05, 4.69) is 41.5 Å². The summed E-state index contributed by atoms with van der Waals surface area (Å²) in [4.78, 5) is 27.1. The molecule has 5 rings (SSSR count). The normalized spacial score (nSPS) is 41.8. The zero-order valence-corrected chi connectivity index (χ0v) is 19.3. The maximum absolute atomic E-state index is 13.5. The number of carbonyl (C=O) groups is 2. The molecule has 0 aromatic rings. The van der Waals surface area contributed by atoms with E-state index in [1.165, 1.54) is 0 Å². The van der Waals surface area contributed by atoms with E-state index in [1.54, 1.807) is 0 Å². The third-order valence-electron chi connectivity index (χ3n) is 8.87. The molecule has 4 nitrogen and oxygen atoms in total. The third kappa shape index (κ3) is 2.78. The molecule has 2 saturated carbocycles. The summed E-state index contributed by atoms with van der Waals surface area (Å²) in [7, 11) is 0. The van der Waals surface area contributed by atoms with Gasteiger partial charge in [0.15, 0.2) is 11.5 Å². The summed E-state index contributed by atoms with van der Waals surface area (Å²) in [6.45, 7) is 13.1. The van der Waals surface area contributed by atoms with Crippen LogP contribution >= 0.6 is 0 Å². The van der Waals surface area contributed by atoms with Gasteiger partial charge in [-0.05, 0) is 77.0 Å². The van der Waals surface area contributed by atoms with Crippen LogP contribution in [0.3, 0.4) is 0 Å². The fourth-order valence-corrected chi connectivity index (χ4v) is 7.31. The molecule has 0 bridgehead atoms. The molecule has 2 aliphatic heterocycles. The number of hydrogen-bond acceptors (Lipinski definition) is 4. The number of ether oxygens (including phenoxy) is 2. The summed E-state index contributed by atoms with van der Waals surface area (Å²) in [5.74, 6) is 2.39. The second-order valence-corrected chi connectivity index (χ2v) is 11.8. The Hall–Kier alpha value is -1.58. The lowest BCUT2D eigenvalue weighted by Crippen LogP contribution is -2.54. The Morgan fingerprint density at radius 2 is 1.03 bits per heavy atom. The largest absolute Gasteiger partial charge is 0.483 e. The third-order valence-corrected chi connectivity index (χ3v) is 8.87. The molecule has 4 heteroatoms. The first-order valence-electron chi connectivity index (χ1n) is 12.0. The van der Waals surface area contributed by atoms with E-state index in [4.69, 9.17) is 9.47 Å². The summed E-state index contributed by atoms with van der Waals surface area (Å²) < 4.78 is 13.2. The SMILES string of the molecule is C[C@@H]1CC[C@H]2[C@H](C1)C1=C(OC2(C)C)C2=C(C(=O)C1=O)[C@H]1C[C@@H](C)CC[C@@H]1C(C)(C)O2. The topological polar surface area (TPSA) is 52.6 Å². The van der Waals surface area contributed by atoms with Crippen molar-refractivity contribution in [3.63, 3.8) is 0 Å². The molecule has 2 fully saturated rings. The first-order valence-corrected chi connectivity index (χ1v) is 12.0. The monoisotopic (exact) mass is 412 g/mol. The summed E-state index contributed by atoms with van der Waals surface area (Å²) in [5, 5.41) is 0. The van der Waals surface area contributed by atoms with Crippen molar-refractivity contribution in [2.45, 2.75) is 91.3 Å². The van der Waals surface area contributed by atoms with Crippen LogP contribution in [0.5, 0.6) is 0 Å². The summed E-state index contributed by atoms with van der Waals surface area (Å²) in [6, 6.07) is 0. The fourth-order valence-electron chi connectivity index (χ4n) is 7.31. The van der Waals surface area contributed by atoms with Crippen LogP contribution in [-0.2, 0) is 19.1 Å². The predicted octanol–water partition coefficient (Wildman–Crippen LogP) is 5.37. The molecular formula is C26H36O4. The Balaban J connectivity index is 1.69. The highest BCUT2D eigenvalue weighted by Gasteiger charge is 2.58. The van der Waals surface area contributed by atoms with Crippen molar-refractivity contribution >= 4 is 11.6 Å². The summed E-state index contributed by atoms with van der Waals surface area (Å²) in [5.41, 5.74) is 0.500. The van der Waals surface area contributed by atoms with Crippen molar-refractivity contribution in [1.29, 1.82) is 0 Å². The van der Waals surface area contributed by atoms with E-state index >= 15 is 0 Å². The van der Waals surface area contributed by atoms with E-state index in [0.717, 1.165) is 38.5 Å². The van der Waals surface area contributed by atoms with Crippen LogP contribution in [0.2, 0.25) is 0 Å². The van der Waals surface area contributed by atoms with E-state index in [-0.39, 0.29) is 46.4 Å². The molecule has 5 aliphatic rings. The highest BCUT2D eigenvalue weighted by Crippen LogP contribution is 2.57. The zero-order valence-electron chi connectivity index (χ0n) is 19.3. The van der Waals surface area contributed by atoms with Crippen molar-refractivity contribution in [1.82, 2.24) is 0 Å². The Labute approximate surface area is 180 Å². The van der Waals surface area contributed by atoms with Gasteiger partial charge in [-0.15, -0.1) is 0 Å². The molecule has 3 aliphatic carbocycles. The number of carbonyl (C=O) groups excluding carboxylic acids is 2. The maximum atomic E-state index is 13.5. The van der Waals surface area contributed by atoms with Gasteiger partial charge < -0.3 is 9.47 Å². The smallest absolute Gasteiger partial charge is 0.233 e. The maximum Gasteiger partial charge on any atom is 0.233 e. The van der Waals surface area contributed by atoms with Crippen LogP contribution in [0, 0.1) is 35.5 Å². The Kier molecular flexibility index (Phi) is 4.38. The molecule has 0 aromatic heterocycles. The number of ketones is 2. The highest BCUT2D eigenvalue weighted by molar-refractivity contribution is 6.50. The lowest BCUT2D eigenvalue weighted by atomic mass is 9.59. The predicted molar refractivity (Wildman–Crippen MR) is 114 cm³/mol. The summed E-state index contributed by atoms with van der Waals surface area (Å²) >= 11 is 0. The van der Waals surface area contributed by atoms with Gasteiger partial charge in [0.1, 0.15) is 11.2 Å². The van der Waals surface area contributed by atoms with Gasteiger partial charge in [-0.2, -0.15) is 0 Å². The number of hydrogen-bond donors (Lipinski definition) is 0. The van der Waals surface area contributed by atoms with Crippen molar-refractivity contribution < 1.29 is 19.1 Å². The van der Waals surface area contributed by atoms with Crippen LogP contribution in [-0.4, -0.2) is 22.8 Å². The standard InChI is InChI=1S/C26H36O4/c1-13-7-9-17-15(11-13)19-21(27)22(28)20-16-12-14(2)8-10-18(16)26(5,6)30-24(20)23(19)29-25(17,3)4/h13-18H,7-12H2,1-6H3/t13-,14+,15-,16-,17-,18-/m0/s1. The molecule has 30 heavy (non-hydrogen) atoms. The molecule has 2 heterocycles. The average molecular weight is 413 g/mol. The van der Waals surface area contributed by atoms with Crippen molar-refractivity contribution in [3.8, 4) is 0 Å². The van der Waals surface area contributed by atoms with E-state index in [1.807, 2.05) is 0 Å². The lowest BCUT2D eigenvalue weighted by molar-refractivity contribution is -0.143. The minimum Gasteiger partial charge on any atom is -0.483 e.